The lowest BCUT2D eigenvalue weighted by molar-refractivity contribution is 0.0726. The summed E-state index contributed by atoms with van der Waals surface area (Å²) in [5.74, 6) is -2.37. The zero-order valence-corrected chi connectivity index (χ0v) is 14.2. The second-order valence-corrected chi connectivity index (χ2v) is 5.95. The first-order chi connectivity index (χ1) is 13.4. The Hall–Kier alpha value is -4.20. The summed E-state index contributed by atoms with van der Waals surface area (Å²) in [6, 6.07) is 11.0. The van der Waals surface area contributed by atoms with Gasteiger partial charge in [0.25, 0.3) is 0 Å². The van der Waals surface area contributed by atoms with Crippen LogP contribution < -0.4 is 10.2 Å². The maximum atomic E-state index is 13.0. The van der Waals surface area contributed by atoms with E-state index in [0.29, 0.717) is 0 Å². The smallest absolute Gasteiger partial charge is 0.360 e. The predicted molar refractivity (Wildman–Crippen MR) is 98.7 cm³/mol. The third kappa shape index (κ3) is 2.92. The number of rotatable bonds is 3. The highest BCUT2D eigenvalue weighted by Gasteiger charge is 2.24. The number of aromatic amines is 1. The molecule has 4 aromatic rings. The maximum absolute atomic E-state index is 13.0. The van der Waals surface area contributed by atoms with Gasteiger partial charge in [0.05, 0.1) is 0 Å². The van der Waals surface area contributed by atoms with Crippen LogP contribution in [0.2, 0.25) is 0 Å². The molecule has 0 aliphatic heterocycles. The summed E-state index contributed by atoms with van der Waals surface area (Å²) < 4.78 is 11.0. The molecule has 0 saturated carbocycles. The summed E-state index contributed by atoms with van der Waals surface area (Å²) in [6.07, 6.45) is 1.52. The number of hydrogen-bond acceptors (Lipinski definition) is 7. The van der Waals surface area contributed by atoms with Crippen molar-refractivity contribution in [1.29, 1.82) is 0 Å². The van der Waals surface area contributed by atoms with E-state index in [2.05, 4.69) is 4.98 Å². The number of ether oxygens (including phenoxy) is 1. The predicted octanol–water partition coefficient (Wildman–Crippen LogP) is 3.12. The number of esters is 1. The molecule has 0 amide bonds. The van der Waals surface area contributed by atoms with Gasteiger partial charge in [-0.1, -0.05) is 12.1 Å². The standard InChI is InChI=1S/C20H13NO7/c22-11-4-1-3-10(7-11)18-19(28-20(26)13-5-2-6-21-13)17(25)16-14(24)8-12(23)9-15(16)27-18/h1-9,21-24H. The van der Waals surface area contributed by atoms with E-state index in [1.807, 2.05) is 0 Å². The second-order valence-electron chi connectivity index (χ2n) is 5.95. The average Bonchev–Trinajstić information content (AvgIpc) is 3.18. The lowest BCUT2D eigenvalue weighted by Crippen LogP contribution is -2.16. The van der Waals surface area contributed by atoms with Gasteiger partial charge in [-0.05, 0) is 24.3 Å². The molecule has 2 heterocycles. The number of H-pyrrole nitrogens is 1. The molecule has 0 atom stereocenters. The van der Waals surface area contributed by atoms with Crippen molar-refractivity contribution in [2.75, 3.05) is 0 Å². The van der Waals surface area contributed by atoms with Crippen molar-refractivity contribution in [3.05, 3.63) is 70.6 Å². The Morgan fingerprint density at radius 3 is 2.54 bits per heavy atom. The molecule has 0 aliphatic carbocycles. The Morgan fingerprint density at radius 1 is 1.00 bits per heavy atom. The van der Waals surface area contributed by atoms with Crippen molar-refractivity contribution in [3.63, 3.8) is 0 Å². The van der Waals surface area contributed by atoms with Crippen LogP contribution in [0.5, 0.6) is 23.0 Å². The summed E-state index contributed by atoms with van der Waals surface area (Å²) in [6.45, 7) is 0. The van der Waals surface area contributed by atoms with Gasteiger partial charge < -0.3 is 29.5 Å². The Labute approximate surface area is 156 Å². The van der Waals surface area contributed by atoms with E-state index in [0.717, 1.165) is 12.1 Å². The van der Waals surface area contributed by atoms with Gasteiger partial charge >= 0.3 is 5.97 Å². The normalized spacial score (nSPS) is 10.9. The summed E-state index contributed by atoms with van der Waals surface area (Å²) in [5, 5.41) is 29.3. The van der Waals surface area contributed by atoms with Crippen LogP contribution in [0, 0.1) is 0 Å². The van der Waals surface area contributed by atoms with E-state index in [1.165, 1.54) is 30.5 Å². The SMILES string of the molecule is O=C(Oc1c(-c2cccc(O)c2)oc2cc(O)cc(O)c2c1=O)c1ccc[nH]1. The van der Waals surface area contributed by atoms with Crippen LogP contribution in [0.25, 0.3) is 22.3 Å². The third-order valence-electron chi connectivity index (χ3n) is 4.04. The van der Waals surface area contributed by atoms with E-state index >= 15 is 0 Å². The molecule has 0 unspecified atom stereocenters. The summed E-state index contributed by atoms with van der Waals surface area (Å²) >= 11 is 0. The minimum atomic E-state index is -0.837. The highest BCUT2D eigenvalue weighted by Crippen LogP contribution is 2.36. The molecule has 4 N–H and O–H groups in total. The number of nitrogens with one attached hydrogen (secondary N) is 1. The van der Waals surface area contributed by atoms with Crippen LogP contribution >= 0.6 is 0 Å². The number of phenols is 3. The molecule has 0 fully saturated rings. The third-order valence-corrected chi connectivity index (χ3v) is 4.04. The maximum Gasteiger partial charge on any atom is 0.360 e. The molecule has 0 radical (unpaired) electrons. The lowest BCUT2D eigenvalue weighted by atomic mass is 10.1. The van der Waals surface area contributed by atoms with Gasteiger partial charge in [0.2, 0.25) is 11.2 Å². The van der Waals surface area contributed by atoms with Crippen LogP contribution in [0.3, 0.4) is 0 Å². The van der Waals surface area contributed by atoms with Gasteiger partial charge in [0, 0.05) is 23.9 Å². The molecule has 0 bridgehead atoms. The van der Waals surface area contributed by atoms with Crippen molar-refractivity contribution in [2.45, 2.75) is 0 Å². The molecule has 8 nitrogen and oxygen atoms in total. The Kier molecular flexibility index (Phi) is 4.00. The largest absolute Gasteiger partial charge is 0.508 e. The zero-order chi connectivity index (χ0) is 19.8. The fourth-order valence-corrected chi connectivity index (χ4v) is 2.80. The quantitative estimate of drug-likeness (QED) is 0.402. The number of carbonyl (C=O) groups excluding carboxylic acids is 1. The topological polar surface area (TPSA) is 133 Å². The number of aromatic nitrogens is 1. The molecular formula is C20H13NO7. The molecule has 140 valence electrons. The number of benzene rings is 2. The van der Waals surface area contributed by atoms with Crippen LogP contribution in [0.15, 0.2) is 63.9 Å². The van der Waals surface area contributed by atoms with Gasteiger partial charge in [-0.3, -0.25) is 4.79 Å². The number of carbonyl (C=O) groups is 1. The number of phenolic OH excluding ortho intramolecular Hbond substituents is 3. The first-order valence-corrected chi connectivity index (χ1v) is 8.12. The molecular weight excluding hydrogens is 366 g/mol. The van der Waals surface area contributed by atoms with Crippen molar-refractivity contribution in [1.82, 2.24) is 4.98 Å². The minimum absolute atomic E-state index is 0.0966. The number of aromatic hydroxyl groups is 3. The van der Waals surface area contributed by atoms with E-state index in [9.17, 15) is 24.9 Å². The van der Waals surface area contributed by atoms with Crippen molar-refractivity contribution in [2.24, 2.45) is 0 Å². The first kappa shape index (κ1) is 17.2. The molecule has 28 heavy (non-hydrogen) atoms. The lowest BCUT2D eigenvalue weighted by Gasteiger charge is -2.11. The van der Waals surface area contributed by atoms with Gasteiger partial charge in [-0.25, -0.2) is 4.79 Å². The van der Waals surface area contributed by atoms with Crippen LogP contribution in [-0.4, -0.2) is 26.3 Å². The van der Waals surface area contributed by atoms with Gasteiger partial charge in [-0.15, -0.1) is 0 Å². The monoisotopic (exact) mass is 379 g/mol. The van der Waals surface area contributed by atoms with Gasteiger partial charge in [0.1, 0.15) is 33.9 Å². The van der Waals surface area contributed by atoms with Crippen molar-refractivity contribution < 1.29 is 29.3 Å². The molecule has 0 saturated heterocycles. The Balaban J connectivity index is 1.99. The molecule has 4 rings (SSSR count). The fourth-order valence-electron chi connectivity index (χ4n) is 2.80. The fraction of sp³-hybridized carbons (Fsp3) is 0. The van der Waals surface area contributed by atoms with Crippen molar-refractivity contribution >= 4 is 16.9 Å². The summed E-state index contributed by atoms with van der Waals surface area (Å²) in [4.78, 5) is 28.0. The summed E-state index contributed by atoms with van der Waals surface area (Å²) in [5.41, 5.74) is -0.551. The number of fused-ring (bicyclic) bond motifs is 1. The molecule has 8 heteroatoms. The van der Waals surface area contributed by atoms with Crippen molar-refractivity contribution in [3.8, 4) is 34.3 Å². The Morgan fingerprint density at radius 2 is 1.82 bits per heavy atom. The van der Waals surface area contributed by atoms with E-state index in [-0.39, 0.29) is 39.5 Å². The Bertz CT molecular complexity index is 1260. The first-order valence-electron chi connectivity index (χ1n) is 8.12. The second kappa shape index (κ2) is 6.51. The summed E-state index contributed by atoms with van der Waals surface area (Å²) in [7, 11) is 0. The van der Waals surface area contributed by atoms with Crippen LogP contribution in [0.4, 0.5) is 0 Å². The van der Waals surface area contributed by atoms with Gasteiger partial charge in [-0.2, -0.15) is 0 Å². The minimum Gasteiger partial charge on any atom is -0.508 e. The number of hydrogen-bond donors (Lipinski definition) is 4. The molecule has 2 aromatic heterocycles. The molecule has 0 spiro atoms. The molecule has 2 aromatic carbocycles. The van der Waals surface area contributed by atoms with Crippen LogP contribution in [-0.2, 0) is 0 Å². The van der Waals surface area contributed by atoms with Crippen LogP contribution in [0.1, 0.15) is 10.5 Å². The highest BCUT2D eigenvalue weighted by molar-refractivity contribution is 5.93. The zero-order valence-electron chi connectivity index (χ0n) is 14.2. The van der Waals surface area contributed by atoms with E-state index in [4.69, 9.17) is 9.15 Å². The van der Waals surface area contributed by atoms with E-state index in [1.54, 1.807) is 12.1 Å². The highest BCUT2D eigenvalue weighted by atomic mass is 16.5. The molecule has 0 aliphatic rings. The van der Waals surface area contributed by atoms with Gasteiger partial charge in [0.15, 0.2) is 5.76 Å². The van der Waals surface area contributed by atoms with E-state index < -0.39 is 22.9 Å². The average molecular weight is 379 g/mol.